The van der Waals surface area contributed by atoms with E-state index in [1.807, 2.05) is 59.5 Å². The predicted molar refractivity (Wildman–Crippen MR) is 130 cm³/mol. The summed E-state index contributed by atoms with van der Waals surface area (Å²) in [7, 11) is 0. The third-order valence-electron chi connectivity index (χ3n) is 5.36. The first-order valence-corrected chi connectivity index (χ1v) is 11.0. The van der Waals surface area contributed by atoms with Gasteiger partial charge in [-0.25, -0.2) is 0 Å². The largest absolute Gasteiger partial charge is 0.508 e. The summed E-state index contributed by atoms with van der Waals surface area (Å²) in [5.41, 5.74) is 2.37. The molecule has 4 aromatic rings. The molecule has 0 radical (unpaired) electrons. The molecule has 1 aliphatic heterocycles. The summed E-state index contributed by atoms with van der Waals surface area (Å²) in [4.78, 5) is 6.50. The Kier molecular flexibility index (Phi) is 5.51. The highest BCUT2D eigenvalue weighted by atomic mass is 35.5. The molecule has 2 aromatic carbocycles. The maximum Gasteiger partial charge on any atom is 0.174 e. The predicted octanol–water partition coefficient (Wildman–Crippen LogP) is 6.53. The number of phenols is 1. The lowest BCUT2D eigenvalue weighted by Gasteiger charge is -2.26. The Hall–Kier alpha value is -3.06. The van der Waals surface area contributed by atoms with E-state index in [0.29, 0.717) is 32.2 Å². The number of hydrogen-bond acceptors (Lipinski definition) is 4. The maximum absolute atomic E-state index is 9.74. The second-order valence-corrected chi connectivity index (χ2v) is 8.49. The van der Waals surface area contributed by atoms with Crippen molar-refractivity contribution in [2.45, 2.75) is 12.1 Å². The molecule has 0 bridgehead atoms. The van der Waals surface area contributed by atoms with E-state index in [2.05, 4.69) is 10.3 Å². The van der Waals surface area contributed by atoms with E-state index >= 15 is 0 Å². The smallest absolute Gasteiger partial charge is 0.174 e. The highest BCUT2D eigenvalue weighted by Gasteiger charge is 2.42. The molecule has 2 atom stereocenters. The van der Waals surface area contributed by atoms with Crippen molar-refractivity contribution in [1.29, 1.82) is 0 Å². The Labute approximate surface area is 200 Å². The average molecular weight is 482 g/mol. The Morgan fingerprint density at radius 3 is 2.53 bits per heavy atom. The number of thiocarbonyl (C=S) groups is 1. The van der Waals surface area contributed by atoms with Gasteiger partial charge in [0.1, 0.15) is 23.3 Å². The van der Waals surface area contributed by atoms with E-state index in [9.17, 15) is 5.11 Å². The molecule has 5 rings (SSSR count). The van der Waals surface area contributed by atoms with Crippen LogP contribution in [0.4, 0.5) is 5.69 Å². The lowest BCUT2D eigenvalue weighted by molar-refractivity contribution is 0.439. The zero-order valence-corrected chi connectivity index (χ0v) is 18.9. The number of hydrogen-bond donors (Lipinski definition) is 2. The molecule has 1 fully saturated rings. The zero-order chi connectivity index (χ0) is 22.2. The molecule has 0 saturated carbocycles. The number of anilines is 1. The molecule has 2 N–H and O–H groups in total. The Morgan fingerprint density at radius 2 is 1.78 bits per heavy atom. The van der Waals surface area contributed by atoms with Crippen LogP contribution in [0.15, 0.2) is 83.4 Å². The quantitative estimate of drug-likeness (QED) is 0.323. The van der Waals surface area contributed by atoms with Gasteiger partial charge in [0, 0.05) is 17.4 Å². The summed E-state index contributed by atoms with van der Waals surface area (Å²) in [6.07, 6.45) is 1.75. The molecule has 1 aliphatic rings. The Bertz CT molecular complexity index is 1280. The van der Waals surface area contributed by atoms with Crippen LogP contribution in [0.2, 0.25) is 10.0 Å². The fourth-order valence-electron chi connectivity index (χ4n) is 3.89. The number of furan rings is 1. The van der Waals surface area contributed by atoms with E-state index in [0.717, 1.165) is 11.4 Å². The van der Waals surface area contributed by atoms with Crippen molar-refractivity contribution in [1.82, 2.24) is 10.3 Å². The van der Waals surface area contributed by atoms with Gasteiger partial charge in [-0.2, -0.15) is 0 Å². The zero-order valence-electron chi connectivity index (χ0n) is 16.6. The van der Waals surface area contributed by atoms with Gasteiger partial charge in [-0.1, -0.05) is 35.3 Å². The normalized spacial score (nSPS) is 18.1. The number of aromatic hydroxyl groups is 1. The number of rotatable bonds is 4. The summed E-state index contributed by atoms with van der Waals surface area (Å²) < 4.78 is 6.30. The Balaban J connectivity index is 1.61. The SMILES string of the molecule is Oc1ccc(N2C(=S)NC(c3ccccn3)C2c2ccc(-c3cccc(Cl)c3Cl)o2)cc1. The summed E-state index contributed by atoms with van der Waals surface area (Å²) >= 11 is 18.3. The van der Waals surface area contributed by atoms with Crippen LogP contribution in [-0.2, 0) is 0 Å². The number of aromatic nitrogens is 1. The monoisotopic (exact) mass is 481 g/mol. The van der Waals surface area contributed by atoms with Gasteiger partial charge in [-0.15, -0.1) is 0 Å². The average Bonchev–Trinajstić information content (AvgIpc) is 3.41. The molecule has 1 saturated heterocycles. The third-order valence-corrected chi connectivity index (χ3v) is 6.49. The van der Waals surface area contributed by atoms with Gasteiger partial charge in [0.2, 0.25) is 0 Å². The summed E-state index contributed by atoms with van der Waals surface area (Å²) in [6.45, 7) is 0. The van der Waals surface area contributed by atoms with Crippen molar-refractivity contribution in [3.8, 4) is 17.1 Å². The van der Waals surface area contributed by atoms with Crippen molar-refractivity contribution < 1.29 is 9.52 Å². The molecule has 0 amide bonds. The second kappa shape index (κ2) is 8.47. The van der Waals surface area contributed by atoms with Gasteiger partial charge in [0.05, 0.1) is 21.8 Å². The van der Waals surface area contributed by atoms with E-state index in [1.165, 1.54) is 0 Å². The molecule has 5 nitrogen and oxygen atoms in total. The van der Waals surface area contributed by atoms with E-state index in [4.69, 9.17) is 39.8 Å². The summed E-state index contributed by atoms with van der Waals surface area (Å²) in [5.74, 6) is 1.48. The minimum absolute atomic E-state index is 0.181. The van der Waals surface area contributed by atoms with Gasteiger partial charge in [-0.3, -0.25) is 4.98 Å². The van der Waals surface area contributed by atoms with Gasteiger partial charge in [0.25, 0.3) is 0 Å². The number of phenolic OH excluding ortho intramolecular Hbond substituents is 1. The van der Waals surface area contributed by atoms with Crippen molar-refractivity contribution >= 4 is 46.2 Å². The van der Waals surface area contributed by atoms with Crippen LogP contribution < -0.4 is 10.2 Å². The molecule has 2 aromatic heterocycles. The minimum atomic E-state index is -0.311. The molecular formula is C24H17Cl2N3O2S. The molecule has 160 valence electrons. The fraction of sp³-hybridized carbons (Fsp3) is 0.0833. The molecule has 8 heteroatoms. The second-order valence-electron chi connectivity index (χ2n) is 7.32. The van der Waals surface area contributed by atoms with Crippen LogP contribution in [-0.4, -0.2) is 15.2 Å². The molecule has 3 heterocycles. The van der Waals surface area contributed by atoms with Crippen LogP contribution in [0, 0.1) is 0 Å². The van der Waals surface area contributed by atoms with E-state index in [1.54, 1.807) is 24.4 Å². The lowest BCUT2D eigenvalue weighted by atomic mass is 10.0. The molecule has 2 unspecified atom stereocenters. The topological polar surface area (TPSA) is 61.5 Å². The van der Waals surface area contributed by atoms with Crippen molar-refractivity contribution in [2.75, 3.05) is 4.90 Å². The number of nitrogens with one attached hydrogen (secondary N) is 1. The first-order valence-electron chi connectivity index (χ1n) is 9.87. The van der Waals surface area contributed by atoms with Crippen molar-refractivity contribution in [3.63, 3.8) is 0 Å². The van der Waals surface area contributed by atoms with Crippen LogP contribution in [0.5, 0.6) is 5.75 Å². The number of nitrogens with zero attached hydrogens (tertiary/aromatic N) is 2. The highest BCUT2D eigenvalue weighted by Crippen LogP contribution is 2.44. The number of halogens is 2. The van der Waals surface area contributed by atoms with E-state index < -0.39 is 0 Å². The molecule has 32 heavy (non-hydrogen) atoms. The summed E-state index contributed by atoms with van der Waals surface area (Å²) in [5, 5.41) is 14.5. The van der Waals surface area contributed by atoms with Crippen LogP contribution in [0.1, 0.15) is 23.5 Å². The summed E-state index contributed by atoms with van der Waals surface area (Å²) in [6, 6.07) is 21.3. The standard InChI is InChI=1S/C24H17Cl2N3O2S/c25-17-5-3-4-16(21(17)26)19-11-12-20(31-19)23-22(18-6-1-2-13-27-18)28-24(32)29(23)14-7-9-15(30)10-8-14/h1-13,22-23,30H,(H,28,32). The van der Waals surface area contributed by atoms with Crippen LogP contribution >= 0.6 is 35.4 Å². The highest BCUT2D eigenvalue weighted by molar-refractivity contribution is 7.80. The van der Waals surface area contributed by atoms with Gasteiger partial charge in [0.15, 0.2) is 5.11 Å². The van der Waals surface area contributed by atoms with Crippen LogP contribution in [0.3, 0.4) is 0 Å². The van der Waals surface area contributed by atoms with E-state index in [-0.39, 0.29) is 17.8 Å². The Morgan fingerprint density at radius 1 is 0.969 bits per heavy atom. The van der Waals surface area contributed by atoms with Gasteiger partial charge < -0.3 is 19.7 Å². The fourth-order valence-corrected chi connectivity index (χ4v) is 4.63. The third kappa shape index (κ3) is 3.71. The maximum atomic E-state index is 9.74. The first kappa shape index (κ1) is 20.8. The van der Waals surface area contributed by atoms with Gasteiger partial charge in [-0.05, 0) is 72.9 Å². The molecular weight excluding hydrogens is 465 g/mol. The molecule has 0 spiro atoms. The minimum Gasteiger partial charge on any atom is -0.508 e. The van der Waals surface area contributed by atoms with Crippen molar-refractivity contribution in [3.05, 3.63) is 100 Å². The van der Waals surface area contributed by atoms with Gasteiger partial charge >= 0.3 is 0 Å². The first-order chi connectivity index (χ1) is 15.5. The van der Waals surface area contributed by atoms with Crippen molar-refractivity contribution in [2.24, 2.45) is 0 Å². The lowest BCUT2D eigenvalue weighted by Crippen LogP contribution is -2.29. The number of pyridine rings is 1. The molecule has 0 aliphatic carbocycles. The number of benzene rings is 2. The van der Waals surface area contributed by atoms with Crippen LogP contribution in [0.25, 0.3) is 11.3 Å².